The van der Waals surface area contributed by atoms with Crippen molar-refractivity contribution in [1.82, 2.24) is 0 Å². The van der Waals surface area contributed by atoms with Crippen LogP contribution in [0.5, 0.6) is 5.75 Å². The number of rotatable bonds is 11. The van der Waals surface area contributed by atoms with Gasteiger partial charge in [-0.3, -0.25) is 4.79 Å². The third kappa shape index (κ3) is 7.02. The molecule has 0 unspecified atom stereocenters. The van der Waals surface area contributed by atoms with Gasteiger partial charge in [-0.25, -0.2) is 4.39 Å². The van der Waals surface area contributed by atoms with Crippen molar-refractivity contribution in [1.29, 1.82) is 0 Å². The van der Waals surface area contributed by atoms with E-state index in [1.54, 1.807) is 12.1 Å². The van der Waals surface area contributed by atoms with Crippen molar-refractivity contribution in [2.24, 2.45) is 5.92 Å². The van der Waals surface area contributed by atoms with Gasteiger partial charge in [-0.1, -0.05) is 18.2 Å². The smallest absolute Gasteiger partial charge is 0.426 e. The van der Waals surface area contributed by atoms with Gasteiger partial charge >= 0.3 is 6.11 Å². The Balaban J connectivity index is 1.96. The van der Waals surface area contributed by atoms with Gasteiger partial charge in [0.2, 0.25) is 0 Å². The quantitative estimate of drug-likeness (QED) is 0.541. The van der Waals surface area contributed by atoms with Crippen molar-refractivity contribution < 1.29 is 32.2 Å². The predicted molar refractivity (Wildman–Crippen MR) is 101 cm³/mol. The third-order valence-corrected chi connectivity index (χ3v) is 4.35. The summed E-state index contributed by atoms with van der Waals surface area (Å²) in [5.74, 6) is -1.50. The van der Waals surface area contributed by atoms with Crippen molar-refractivity contribution in [2.45, 2.75) is 32.3 Å². The largest absolute Gasteiger partial charge is 0.429 e. The summed E-state index contributed by atoms with van der Waals surface area (Å²) < 4.78 is 51.2. The minimum absolute atomic E-state index is 0.0804. The number of Topliss-reactive ketones (excluding diaryl/α,β-unsaturated/α-hetero) is 2. The molecule has 0 fully saturated rings. The molecule has 0 saturated carbocycles. The highest BCUT2D eigenvalue weighted by molar-refractivity contribution is 5.87. The second kappa shape index (κ2) is 10.2. The monoisotopic (exact) mass is 408 g/mol. The first-order valence-corrected chi connectivity index (χ1v) is 9.14. The van der Waals surface area contributed by atoms with E-state index >= 15 is 0 Å². The molecule has 0 N–H and O–H groups in total. The van der Waals surface area contributed by atoms with Gasteiger partial charge in [-0.2, -0.15) is 8.78 Å². The van der Waals surface area contributed by atoms with Crippen LogP contribution in [0.1, 0.15) is 30.9 Å². The number of halogens is 3. The van der Waals surface area contributed by atoms with E-state index in [0.29, 0.717) is 6.42 Å². The number of ketones is 2. The van der Waals surface area contributed by atoms with E-state index in [0.717, 1.165) is 23.8 Å². The van der Waals surface area contributed by atoms with Crippen LogP contribution >= 0.6 is 0 Å². The maximum Gasteiger partial charge on any atom is 0.426 e. The highest BCUT2D eigenvalue weighted by Gasteiger charge is 2.34. The molecule has 0 saturated heterocycles. The Bertz CT molecular complexity index is 834. The molecule has 2 aromatic rings. The molecule has 4 nitrogen and oxygen atoms in total. The number of alkyl halides is 2. The highest BCUT2D eigenvalue weighted by Crippen LogP contribution is 2.32. The van der Waals surface area contributed by atoms with Gasteiger partial charge in [0.05, 0.1) is 12.2 Å². The molecule has 0 spiro atoms. The van der Waals surface area contributed by atoms with E-state index in [-0.39, 0.29) is 36.8 Å². The Labute approximate surface area is 167 Å². The first kappa shape index (κ1) is 22.6. The first-order valence-electron chi connectivity index (χ1n) is 9.14. The molecule has 0 aliphatic rings. The molecule has 0 aromatic heterocycles. The van der Waals surface area contributed by atoms with Crippen molar-refractivity contribution in [3.8, 4) is 5.75 Å². The Morgan fingerprint density at radius 1 is 1.10 bits per heavy atom. The summed E-state index contributed by atoms with van der Waals surface area (Å²) in [6.07, 6.45) is -2.94. The topological polar surface area (TPSA) is 52.6 Å². The number of hydrogen-bond acceptors (Lipinski definition) is 4. The van der Waals surface area contributed by atoms with Gasteiger partial charge in [0.15, 0.2) is 0 Å². The lowest BCUT2D eigenvalue weighted by atomic mass is 9.94. The van der Waals surface area contributed by atoms with Crippen LogP contribution in [-0.2, 0) is 26.9 Å². The molecule has 2 aromatic carbocycles. The number of ether oxygens (including phenoxy) is 2. The molecule has 0 radical (unpaired) electrons. The molecule has 0 aliphatic carbocycles. The van der Waals surface area contributed by atoms with E-state index in [9.17, 15) is 22.8 Å². The Morgan fingerprint density at radius 3 is 2.38 bits per heavy atom. The zero-order valence-electron chi connectivity index (χ0n) is 16.3. The SMILES string of the molecule is COC[C@@H](CC(C)=O)C(=O)CCc1ccc(OC(F)(F)c2cccc(F)c2)cc1. The number of carbonyl (C=O) groups is 2. The molecule has 0 heterocycles. The maximum atomic E-state index is 14.2. The van der Waals surface area contributed by atoms with Gasteiger partial charge in [-0.05, 0) is 49.2 Å². The van der Waals surface area contributed by atoms with Crippen LogP contribution in [0.25, 0.3) is 0 Å². The molecule has 0 amide bonds. The normalized spacial score (nSPS) is 12.4. The molecule has 29 heavy (non-hydrogen) atoms. The lowest BCUT2D eigenvalue weighted by molar-refractivity contribution is -0.185. The second-order valence-corrected chi connectivity index (χ2v) is 6.80. The molecule has 7 heteroatoms. The third-order valence-electron chi connectivity index (χ3n) is 4.35. The predicted octanol–water partition coefficient (Wildman–Crippen LogP) is 4.70. The molecule has 2 rings (SSSR count). The second-order valence-electron chi connectivity index (χ2n) is 6.80. The number of aryl methyl sites for hydroxylation is 1. The first-order chi connectivity index (χ1) is 13.7. The van der Waals surface area contributed by atoms with Gasteiger partial charge in [-0.15, -0.1) is 0 Å². The summed E-state index contributed by atoms with van der Waals surface area (Å²) in [5.41, 5.74) is 0.181. The fraction of sp³-hybridized carbons (Fsp3) is 0.364. The molecule has 0 aliphatic heterocycles. The van der Waals surface area contributed by atoms with Crippen LogP contribution in [0, 0.1) is 11.7 Å². The zero-order valence-corrected chi connectivity index (χ0v) is 16.3. The van der Waals surface area contributed by atoms with Crippen LogP contribution in [0.2, 0.25) is 0 Å². The Morgan fingerprint density at radius 2 is 1.79 bits per heavy atom. The Hall–Kier alpha value is -2.67. The van der Waals surface area contributed by atoms with Gasteiger partial charge < -0.3 is 14.3 Å². The molecule has 0 bridgehead atoms. The van der Waals surface area contributed by atoms with Gasteiger partial charge in [0.1, 0.15) is 23.1 Å². The van der Waals surface area contributed by atoms with E-state index in [2.05, 4.69) is 0 Å². The van der Waals surface area contributed by atoms with Gasteiger partial charge in [0.25, 0.3) is 0 Å². The van der Waals surface area contributed by atoms with Crippen molar-refractivity contribution in [3.63, 3.8) is 0 Å². The lowest BCUT2D eigenvalue weighted by Crippen LogP contribution is -2.22. The van der Waals surface area contributed by atoms with Crippen LogP contribution in [0.4, 0.5) is 13.2 Å². The number of hydrogen-bond donors (Lipinski definition) is 0. The van der Waals surface area contributed by atoms with E-state index in [1.807, 2.05) is 0 Å². The maximum absolute atomic E-state index is 14.2. The average Bonchev–Trinajstić information content (AvgIpc) is 2.66. The zero-order chi connectivity index (χ0) is 21.4. The van der Waals surface area contributed by atoms with Crippen molar-refractivity contribution in [3.05, 3.63) is 65.5 Å². The average molecular weight is 408 g/mol. The van der Waals surface area contributed by atoms with Gasteiger partial charge in [0, 0.05) is 25.9 Å². The summed E-state index contributed by atoms with van der Waals surface area (Å²) in [7, 11) is 1.47. The lowest BCUT2D eigenvalue weighted by Gasteiger charge is -2.18. The van der Waals surface area contributed by atoms with E-state index in [4.69, 9.17) is 9.47 Å². The number of carbonyl (C=O) groups excluding carboxylic acids is 2. The minimum Gasteiger partial charge on any atom is -0.429 e. The van der Waals surface area contributed by atoms with E-state index < -0.39 is 23.4 Å². The van der Waals surface area contributed by atoms with Crippen LogP contribution in [-0.4, -0.2) is 25.3 Å². The summed E-state index contributed by atoms with van der Waals surface area (Å²) in [4.78, 5) is 23.6. The van der Waals surface area contributed by atoms with Crippen molar-refractivity contribution >= 4 is 11.6 Å². The van der Waals surface area contributed by atoms with Crippen LogP contribution in [0.15, 0.2) is 48.5 Å². The fourth-order valence-corrected chi connectivity index (χ4v) is 2.89. The summed E-state index contributed by atoms with van der Waals surface area (Å²) in [6, 6.07) is 9.97. The standard InChI is InChI=1S/C22H23F3O4/c1-15(26)12-17(14-28-2)21(27)11-8-16-6-9-20(10-7-16)29-22(24,25)18-4-3-5-19(23)13-18/h3-7,9-10,13,17H,8,11-12,14H2,1-2H3/t17-/m1/s1. The van der Waals surface area contributed by atoms with Crippen LogP contribution < -0.4 is 4.74 Å². The highest BCUT2D eigenvalue weighted by atomic mass is 19.3. The molecule has 1 atom stereocenters. The summed E-state index contributed by atoms with van der Waals surface area (Å²) in [5, 5.41) is 0. The van der Waals surface area contributed by atoms with E-state index in [1.165, 1.54) is 32.2 Å². The molecular weight excluding hydrogens is 385 g/mol. The molecular formula is C22H23F3O4. The van der Waals surface area contributed by atoms with Crippen LogP contribution in [0.3, 0.4) is 0 Å². The Kier molecular flexibility index (Phi) is 7.96. The van der Waals surface area contributed by atoms with Crippen molar-refractivity contribution in [2.75, 3.05) is 13.7 Å². The minimum atomic E-state index is -3.68. The number of methoxy groups -OCH3 is 1. The summed E-state index contributed by atoms with van der Waals surface area (Å²) in [6.45, 7) is 1.61. The fourth-order valence-electron chi connectivity index (χ4n) is 2.89. The molecule has 156 valence electrons. The summed E-state index contributed by atoms with van der Waals surface area (Å²) >= 11 is 0. The number of benzene rings is 2.